The van der Waals surface area contributed by atoms with Gasteiger partial charge in [-0.25, -0.2) is 0 Å². The molecule has 1 N–H and O–H groups in total. The van der Waals surface area contributed by atoms with E-state index in [1.165, 1.54) is 4.88 Å². The highest BCUT2D eigenvalue weighted by Crippen LogP contribution is 2.48. The van der Waals surface area contributed by atoms with Gasteiger partial charge in [-0.2, -0.15) is 0 Å². The van der Waals surface area contributed by atoms with Gasteiger partial charge in [0.05, 0.1) is 5.60 Å². The molecule has 1 aliphatic rings. The van der Waals surface area contributed by atoms with Crippen molar-refractivity contribution in [1.29, 1.82) is 0 Å². The molecule has 3 heteroatoms. The fourth-order valence-electron chi connectivity index (χ4n) is 2.44. The van der Waals surface area contributed by atoms with Gasteiger partial charge in [-0.1, -0.05) is 13.8 Å². The van der Waals surface area contributed by atoms with Gasteiger partial charge in [0.1, 0.15) is 0 Å². The van der Waals surface area contributed by atoms with E-state index in [4.69, 9.17) is 0 Å². The summed E-state index contributed by atoms with van der Waals surface area (Å²) in [6.45, 7) is 4.36. The number of thiophene rings is 1. The van der Waals surface area contributed by atoms with Crippen molar-refractivity contribution >= 4 is 27.3 Å². The molecule has 0 spiro atoms. The van der Waals surface area contributed by atoms with E-state index in [1.54, 1.807) is 11.3 Å². The molecule has 2 rings (SSSR count). The van der Waals surface area contributed by atoms with Gasteiger partial charge in [0.15, 0.2) is 0 Å². The third kappa shape index (κ3) is 2.02. The monoisotopic (exact) mass is 288 g/mol. The summed E-state index contributed by atoms with van der Waals surface area (Å²) < 4.78 is 1.14. The van der Waals surface area contributed by atoms with Gasteiger partial charge in [-0.15, -0.1) is 11.3 Å². The summed E-state index contributed by atoms with van der Waals surface area (Å²) in [6, 6.07) is 2.06. The van der Waals surface area contributed by atoms with Crippen LogP contribution in [0.3, 0.4) is 0 Å². The average Bonchev–Trinajstić information content (AvgIpc) is 2.61. The minimum atomic E-state index is -0.514. The highest BCUT2D eigenvalue weighted by atomic mass is 79.9. The van der Waals surface area contributed by atoms with E-state index in [2.05, 4.69) is 41.2 Å². The van der Waals surface area contributed by atoms with Gasteiger partial charge in [0.2, 0.25) is 0 Å². The number of hydrogen-bond donors (Lipinski definition) is 1. The normalized spacial score (nSPS) is 29.6. The van der Waals surface area contributed by atoms with Crippen LogP contribution in [-0.4, -0.2) is 10.7 Å². The largest absolute Gasteiger partial charge is 0.389 e. The maximum absolute atomic E-state index is 10.7. The van der Waals surface area contributed by atoms with Crippen molar-refractivity contribution in [2.45, 2.75) is 45.1 Å². The second-order valence-corrected chi connectivity index (χ2v) is 6.99. The fraction of sp³-hybridized carbons (Fsp3) is 0.667. The molecule has 0 bridgehead atoms. The molecule has 15 heavy (non-hydrogen) atoms. The second-order valence-electron chi connectivity index (χ2n) is 5.14. The van der Waals surface area contributed by atoms with E-state index in [1.807, 2.05) is 0 Å². The Morgan fingerprint density at radius 3 is 2.67 bits per heavy atom. The Kier molecular flexibility index (Phi) is 2.99. The van der Waals surface area contributed by atoms with Crippen LogP contribution < -0.4 is 0 Å². The number of rotatable bonds is 2. The van der Waals surface area contributed by atoms with Gasteiger partial charge in [0.25, 0.3) is 0 Å². The molecule has 1 nitrogen and oxygen atoms in total. The van der Waals surface area contributed by atoms with Crippen molar-refractivity contribution < 1.29 is 5.11 Å². The molecule has 84 valence electrons. The van der Waals surface area contributed by atoms with Crippen molar-refractivity contribution in [3.8, 4) is 0 Å². The van der Waals surface area contributed by atoms with Crippen LogP contribution in [0.15, 0.2) is 15.9 Å². The van der Waals surface area contributed by atoms with Gasteiger partial charge >= 0.3 is 0 Å². The first-order valence-corrected chi connectivity index (χ1v) is 7.06. The summed E-state index contributed by atoms with van der Waals surface area (Å²) in [7, 11) is 0. The van der Waals surface area contributed by atoms with Crippen molar-refractivity contribution in [3.63, 3.8) is 0 Å². The Labute approximate surface area is 104 Å². The molecule has 0 saturated heterocycles. The summed E-state index contributed by atoms with van der Waals surface area (Å²) in [4.78, 5) is 1.27. The molecule has 1 saturated carbocycles. The van der Waals surface area contributed by atoms with Crippen LogP contribution in [0.4, 0.5) is 0 Å². The molecule has 1 aromatic rings. The SMILES string of the molecule is CC1(C)CCCC1(O)Cc1sccc1Br. The lowest BCUT2D eigenvalue weighted by atomic mass is 9.75. The average molecular weight is 289 g/mol. The van der Waals surface area contributed by atoms with Crippen molar-refractivity contribution in [2.24, 2.45) is 5.41 Å². The first kappa shape index (κ1) is 11.6. The van der Waals surface area contributed by atoms with Gasteiger partial charge < -0.3 is 5.11 Å². The third-order valence-electron chi connectivity index (χ3n) is 3.80. The minimum absolute atomic E-state index is 0.0520. The van der Waals surface area contributed by atoms with E-state index < -0.39 is 5.60 Å². The smallest absolute Gasteiger partial charge is 0.0746 e. The Bertz CT molecular complexity index is 358. The Balaban J connectivity index is 2.21. The fourth-order valence-corrected chi connectivity index (χ4v) is 4.04. The Morgan fingerprint density at radius 2 is 2.20 bits per heavy atom. The Hall–Kier alpha value is 0.140. The maximum atomic E-state index is 10.7. The third-order valence-corrected chi connectivity index (χ3v) is 5.72. The van der Waals surface area contributed by atoms with Crippen LogP contribution >= 0.6 is 27.3 Å². The highest BCUT2D eigenvalue weighted by molar-refractivity contribution is 9.10. The van der Waals surface area contributed by atoms with E-state index in [0.717, 1.165) is 30.2 Å². The molecular weight excluding hydrogens is 272 g/mol. The van der Waals surface area contributed by atoms with Crippen LogP contribution in [0, 0.1) is 5.41 Å². The van der Waals surface area contributed by atoms with Gasteiger partial charge in [-0.05, 0) is 52.1 Å². The van der Waals surface area contributed by atoms with Gasteiger partial charge in [0, 0.05) is 15.8 Å². The van der Waals surface area contributed by atoms with E-state index in [0.29, 0.717) is 0 Å². The molecular formula is C12H17BrOS. The first-order chi connectivity index (χ1) is 6.95. The molecule has 1 unspecified atom stereocenters. The van der Waals surface area contributed by atoms with E-state index in [-0.39, 0.29) is 5.41 Å². The molecule has 0 amide bonds. The zero-order chi connectivity index (χ0) is 11.1. The van der Waals surface area contributed by atoms with Crippen LogP contribution in [0.2, 0.25) is 0 Å². The predicted molar refractivity (Wildman–Crippen MR) is 68.3 cm³/mol. The topological polar surface area (TPSA) is 20.2 Å². The maximum Gasteiger partial charge on any atom is 0.0746 e. The summed E-state index contributed by atoms with van der Waals surface area (Å²) in [5.41, 5.74) is -0.462. The highest BCUT2D eigenvalue weighted by Gasteiger charge is 2.47. The molecule has 1 aliphatic carbocycles. The van der Waals surface area contributed by atoms with E-state index in [9.17, 15) is 5.11 Å². The molecule has 1 atom stereocenters. The zero-order valence-electron chi connectivity index (χ0n) is 9.22. The summed E-state index contributed by atoms with van der Waals surface area (Å²) in [5.74, 6) is 0. The molecule has 0 radical (unpaired) electrons. The number of hydrogen-bond acceptors (Lipinski definition) is 2. The molecule has 1 fully saturated rings. The first-order valence-electron chi connectivity index (χ1n) is 5.39. The molecule has 1 aromatic heterocycles. The quantitative estimate of drug-likeness (QED) is 0.872. The van der Waals surface area contributed by atoms with Crippen molar-refractivity contribution in [2.75, 3.05) is 0 Å². The number of halogens is 1. The summed E-state index contributed by atoms with van der Waals surface area (Å²) in [5, 5.41) is 12.8. The standard InChI is InChI=1S/C12H17BrOS/c1-11(2)5-3-6-12(11,14)8-10-9(13)4-7-15-10/h4,7,14H,3,5-6,8H2,1-2H3. The lowest BCUT2D eigenvalue weighted by molar-refractivity contribution is -0.0414. The number of aliphatic hydroxyl groups is 1. The van der Waals surface area contributed by atoms with Crippen LogP contribution in [0.1, 0.15) is 38.0 Å². The zero-order valence-corrected chi connectivity index (χ0v) is 11.6. The van der Waals surface area contributed by atoms with Crippen LogP contribution in [0.5, 0.6) is 0 Å². The minimum Gasteiger partial charge on any atom is -0.389 e. The van der Waals surface area contributed by atoms with Crippen LogP contribution in [0.25, 0.3) is 0 Å². The lowest BCUT2D eigenvalue weighted by Gasteiger charge is -2.36. The molecule has 0 aliphatic heterocycles. The van der Waals surface area contributed by atoms with Crippen molar-refractivity contribution in [1.82, 2.24) is 0 Å². The van der Waals surface area contributed by atoms with Crippen molar-refractivity contribution in [3.05, 3.63) is 20.8 Å². The second kappa shape index (κ2) is 3.86. The predicted octanol–water partition coefficient (Wildman–Crippen LogP) is 3.99. The van der Waals surface area contributed by atoms with Gasteiger partial charge in [-0.3, -0.25) is 0 Å². The molecule has 1 heterocycles. The summed E-state index contributed by atoms with van der Waals surface area (Å²) in [6.07, 6.45) is 4.00. The molecule has 0 aromatic carbocycles. The Morgan fingerprint density at radius 1 is 1.47 bits per heavy atom. The summed E-state index contributed by atoms with van der Waals surface area (Å²) >= 11 is 5.26. The lowest BCUT2D eigenvalue weighted by Crippen LogP contribution is -2.41. The van der Waals surface area contributed by atoms with E-state index >= 15 is 0 Å². The van der Waals surface area contributed by atoms with Crippen LogP contribution in [-0.2, 0) is 6.42 Å².